The highest BCUT2D eigenvalue weighted by Gasteiger charge is 2.27. The van der Waals surface area contributed by atoms with Crippen LogP contribution in [0.2, 0.25) is 0 Å². The van der Waals surface area contributed by atoms with E-state index in [2.05, 4.69) is 21.0 Å². The average Bonchev–Trinajstić information content (AvgIpc) is 2.62. The molecule has 0 aliphatic heterocycles. The molecule has 0 aromatic carbocycles. The van der Waals surface area contributed by atoms with Crippen LogP contribution in [0.1, 0.15) is 31.9 Å². The fourth-order valence-corrected chi connectivity index (χ4v) is 1.78. The molecule has 0 aliphatic rings. The SMILES string of the molecule is CCCCOCc1c(Br)cnn1CCC(F)(F)F. The fourth-order valence-electron chi connectivity index (χ4n) is 1.37. The van der Waals surface area contributed by atoms with Crippen LogP contribution in [0, 0.1) is 0 Å². The lowest BCUT2D eigenvalue weighted by Gasteiger charge is -2.10. The third-order valence-electron chi connectivity index (χ3n) is 2.39. The lowest BCUT2D eigenvalue weighted by molar-refractivity contribution is -0.137. The van der Waals surface area contributed by atoms with E-state index in [1.54, 1.807) is 0 Å². The first-order valence-corrected chi connectivity index (χ1v) is 6.58. The quantitative estimate of drug-likeness (QED) is 0.709. The summed E-state index contributed by atoms with van der Waals surface area (Å²) in [5.41, 5.74) is 0.648. The number of halogens is 4. The van der Waals surface area contributed by atoms with Gasteiger partial charge in [-0.1, -0.05) is 13.3 Å². The molecule has 1 aromatic heterocycles. The molecule has 0 N–H and O–H groups in total. The molecule has 0 fully saturated rings. The number of aryl methyl sites for hydroxylation is 1. The minimum absolute atomic E-state index is 0.179. The van der Waals surface area contributed by atoms with Crippen molar-refractivity contribution in [2.75, 3.05) is 6.61 Å². The second-order valence-corrected chi connectivity index (χ2v) is 4.79. The maximum atomic E-state index is 12.1. The van der Waals surface area contributed by atoms with Crippen molar-refractivity contribution in [2.24, 2.45) is 0 Å². The molecule has 104 valence electrons. The van der Waals surface area contributed by atoms with Crippen molar-refractivity contribution in [3.63, 3.8) is 0 Å². The third-order valence-corrected chi connectivity index (χ3v) is 3.05. The van der Waals surface area contributed by atoms with Crippen LogP contribution in [0.25, 0.3) is 0 Å². The maximum absolute atomic E-state index is 12.1. The lowest BCUT2D eigenvalue weighted by atomic mass is 10.3. The van der Waals surface area contributed by atoms with Gasteiger partial charge in [-0.15, -0.1) is 0 Å². The number of nitrogens with zero attached hydrogens (tertiary/aromatic N) is 2. The molecule has 0 amide bonds. The minimum Gasteiger partial charge on any atom is -0.375 e. The minimum atomic E-state index is -4.17. The Balaban J connectivity index is 2.52. The summed E-state index contributed by atoms with van der Waals surface area (Å²) in [6.45, 7) is 2.75. The van der Waals surface area contributed by atoms with Crippen molar-refractivity contribution >= 4 is 15.9 Å². The standard InChI is InChI=1S/C11H16BrF3N2O/c1-2-3-6-18-8-10-9(12)7-16-17(10)5-4-11(13,14)15/h7H,2-6,8H2,1H3. The van der Waals surface area contributed by atoms with Crippen LogP contribution in [-0.4, -0.2) is 22.6 Å². The van der Waals surface area contributed by atoms with Gasteiger partial charge in [-0.05, 0) is 22.4 Å². The van der Waals surface area contributed by atoms with Crippen molar-refractivity contribution in [1.82, 2.24) is 9.78 Å². The predicted octanol–water partition coefficient (Wildman–Crippen LogP) is 3.91. The van der Waals surface area contributed by atoms with Gasteiger partial charge in [0.15, 0.2) is 0 Å². The van der Waals surface area contributed by atoms with E-state index in [0.29, 0.717) is 16.8 Å². The van der Waals surface area contributed by atoms with E-state index >= 15 is 0 Å². The van der Waals surface area contributed by atoms with Gasteiger partial charge in [-0.2, -0.15) is 18.3 Å². The molecular weight excluding hydrogens is 313 g/mol. The molecule has 7 heteroatoms. The van der Waals surface area contributed by atoms with Crippen LogP contribution >= 0.6 is 15.9 Å². The molecule has 0 atom stereocenters. The van der Waals surface area contributed by atoms with Gasteiger partial charge >= 0.3 is 6.18 Å². The lowest BCUT2D eigenvalue weighted by Crippen LogP contribution is -2.15. The molecule has 0 saturated carbocycles. The Morgan fingerprint density at radius 1 is 1.44 bits per heavy atom. The van der Waals surface area contributed by atoms with E-state index in [-0.39, 0.29) is 13.2 Å². The highest BCUT2D eigenvalue weighted by atomic mass is 79.9. The van der Waals surface area contributed by atoms with E-state index in [0.717, 1.165) is 12.8 Å². The van der Waals surface area contributed by atoms with Crippen LogP contribution in [0.4, 0.5) is 13.2 Å². The summed E-state index contributed by atoms with van der Waals surface area (Å²) in [7, 11) is 0. The molecule has 1 rings (SSSR count). The summed E-state index contributed by atoms with van der Waals surface area (Å²) in [6, 6.07) is 0. The highest BCUT2D eigenvalue weighted by molar-refractivity contribution is 9.10. The van der Waals surface area contributed by atoms with Crippen LogP contribution in [-0.2, 0) is 17.9 Å². The summed E-state index contributed by atoms with van der Waals surface area (Å²) < 4.78 is 43.9. The van der Waals surface area contributed by atoms with Gasteiger partial charge in [-0.25, -0.2) is 0 Å². The molecule has 3 nitrogen and oxygen atoms in total. The van der Waals surface area contributed by atoms with Gasteiger partial charge in [0.25, 0.3) is 0 Å². The molecule has 0 radical (unpaired) electrons. The predicted molar refractivity (Wildman–Crippen MR) is 65.2 cm³/mol. The number of alkyl halides is 3. The van der Waals surface area contributed by atoms with Crippen LogP contribution < -0.4 is 0 Å². The van der Waals surface area contributed by atoms with E-state index in [9.17, 15) is 13.2 Å². The first-order valence-electron chi connectivity index (χ1n) is 5.78. The molecule has 0 aliphatic carbocycles. The maximum Gasteiger partial charge on any atom is 0.390 e. The Labute approximate surface area is 112 Å². The van der Waals surface area contributed by atoms with Gasteiger partial charge < -0.3 is 4.74 Å². The Bertz CT molecular complexity index is 366. The number of unbranched alkanes of at least 4 members (excludes halogenated alkanes) is 1. The fraction of sp³-hybridized carbons (Fsp3) is 0.727. The number of rotatable bonds is 7. The summed E-state index contributed by atoms with van der Waals surface area (Å²) >= 11 is 3.26. The van der Waals surface area contributed by atoms with Gasteiger partial charge in [0.05, 0.1) is 29.4 Å². The third kappa shape index (κ3) is 5.39. The molecule has 0 bridgehead atoms. The normalized spacial score (nSPS) is 12.1. The summed E-state index contributed by atoms with van der Waals surface area (Å²) in [5, 5.41) is 3.91. The molecule has 1 aromatic rings. The van der Waals surface area contributed by atoms with E-state index < -0.39 is 12.6 Å². The van der Waals surface area contributed by atoms with Crippen LogP contribution in [0.3, 0.4) is 0 Å². The molecule has 0 saturated heterocycles. The van der Waals surface area contributed by atoms with Crippen molar-refractivity contribution < 1.29 is 17.9 Å². The van der Waals surface area contributed by atoms with Crippen molar-refractivity contribution in [3.05, 3.63) is 16.4 Å². The van der Waals surface area contributed by atoms with Gasteiger partial charge in [0, 0.05) is 13.2 Å². The zero-order valence-electron chi connectivity index (χ0n) is 10.1. The number of hydrogen-bond acceptors (Lipinski definition) is 2. The Hall–Kier alpha value is -0.560. The van der Waals surface area contributed by atoms with Crippen molar-refractivity contribution in [3.8, 4) is 0 Å². The van der Waals surface area contributed by atoms with Crippen molar-refractivity contribution in [2.45, 2.75) is 45.5 Å². The molecular formula is C11H16BrF3N2O. The van der Waals surface area contributed by atoms with Crippen LogP contribution in [0.5, 0.6) is 0 Å². The first-order chi connectivity index (χ1) is 8.44. The second-order valence-electron chi connectivity index (χ2n) is 3.93. The Morgan fingerprint density at radius 3 is 2.78 bits per heavy atom. The Morgan fingerprint density at radius 2 is 2.17 bits per heavy atom. The highest BCUT2D eigenvalue weighted by Crippen LogP contribution is 2.23. The molecule has 1 heterocycles. The van der Waals surface area contributed by atoms with Crippen LogP contribution in [0.15, 0.2) is 10.7 Å². The number of hydrogen-bond donors (Lipinski definition) is 0. The topological polar surface area (TPSA) is 27.1 Å². The van der Waals surface area contributed by atoms with E-state index in [4.69, 9.17) is 4.74 Å². The van der Waals surface area contributed by atoms with E-state index in [1.165, 1.54) is 10.9 Å². The van der Waals surface area contributed by atoms with Gasteiger partial charge in [0.2, 0.25) is 0 Å². The zero-order valence-corrected chi connectivity index (χ0v) is 11.7. The van der Waals surface area contributed by atoms with Crippen molar-refractivity contribution in [1.29, 1.82) is 0 Å². The molecule has 0 spiro atoms. The second kappa shape index (κ2) is 7.13. The van der Waals surface area contributed by atoms with Gasteiger partial charge in [-0.3, -0.25) is 4.68 Å². The smallest absolute Gasteiger partial charge is 0.375 e. The monoisotopic (exact) mass is 328 g/mol. The first kappa shape index (κ1) is 15.5. The summed E-state index contributed by atoms with van der Waals surface area (Å²) in [4.78, 5) is 0. The Kier molecular flexibility index (Phi) is 6.14. The average molecular weight is 329 g/mol. The molecule has 0 unspecified atom stereocenters. The number of ether oxygens (including phenoxy) is 1. The van der Waals surface area contributed by atoms with E-state index in [1.807, 2.05) is 6.92 Å². The largest absolute Gasteiger partial charge is 0.390 e. The van der Waals surface area contributed by atoms with Gasteiger partial charge in [0.1, 0.15) is 0 Å². The summed E-state index contributed by atoms with van der Waals surface area (Å²) in [5.74, 6) is 0. The zero-order chi connectivity index (χ0) is 13.6. The molecule has 18 heavy (non-hydrogen) atoms. The number of aromatic nitrogens is 2. The summed E-state index contributed by atoms with van der Waals surface area (Å²) in [6.07, 6.45) is -1.60.